The Bertz CT molecular complexity index is 1280. The number of nitrogens with zero attached hydrogens (tertiary/aromatic N) is 3. The molecule has 1 radical (unpaired) electrons. The van der Waals surface area contributed by atoms with Gasteiger partial charge in [-0.3, -0.25) is 4.79 Å². The van der Waals surface area contributed by atoms with Crippen LogP contribution in [0.4, 0.5) is 39.5 Å². The van der Waals surface area contributed by atoms with Crippen LogP contribution in [0.1, 0.15) is 33.6 Å². The third-order valence-corrected chi connectivity index (χ3v) is 4.13. The first kappa shape index (κ1) is 25.8. The largest absolute Gasteiger partial charge is 0.493 e. The first-order valence-electron chi connectivity index (χ1n) is 7.97. The molecule has 15 heteroatoms. The van der Waals surface area contributed by atoms with Gasteiger partial charge in [-0.2, -0.15) is 15.0 Å². The van der Waals surface area contributed by atoms with Crippen LogP contribution in [0, 0.1) is 52.1 Å². The van der Waals surface area contributed by atoms with Gasteiger partial charge < -0.3 is 5.11 Å². The molecular formula is C18H4F9MnN3O2. The summed E-state index contributed by atoms with van der Waals surface area (Å²) >= 11 is 0. The molecule has 0 atom stereocenters. The molecule has 0 aliphatic carbocycles. The molecule has 0 saturated carbocycles. The fourth-order valence-corrected chi connectivity index (χ4v) is 2.69. The molecule has 5 nitrogen and oxygen atoms in total. The Morgan fingerprint density at radius 3 is 1.85 bits per heavy atom. The van der Waals surface area contributed by atoms with Crippen LogP contribution in [0.15, 0.2) is 12.1 Å². The maximum Gasteiger partial charge on any atom is 0.283 e. The van der Waals surface area contributed by atoms with Crippen molar-refractivity contribution < 1.29 is 66.5 Å². The minimum atomic E-state index is -3.75. The van der Waals surface area contributed by atoms with E-state index < -0.39 is 91.6 Å². The zero-order chi connectivity index (χ0) is 24.1. The number of ketones is 1. The van der Waals surface area contributed by atoms with Crippen LogP contribution < -0.4 is 0 Å². The molecule has 173 valence electrons. The third-order valence-electron chi connectivity index (χ3n) is 4.13. The van der Waals surface area contributed by atoms with Crippen molar-refractivity contribution in [2.45, 2.75) is 6.43 Å². The molecule has 3 aromatic rings. The van der Waals surface area contributed by atoms with E-state index in [0.717, 1.165) is 6.07 Å². The first-order valence-corrected chi connectivity index (χ1v) is 7.97. The summed E-state index contributed by atoms with van der Waals surface area (Å²) in [7, 11) is 0. The molecule has 0 bridgehead atoms. The van der Waals surface area contributed by atoms with Gasteiger partial charge in [-0.15, -0.1) is 0 Å². The number of aromatic nitrogens is 2. The second kappa shape index (κ2) is 9.16. The number of carbonyl (C=O) groups is 1. The summed E-state index contributed by atoms with van der Waals surface area (Å²) in [5, 5.41) is 21.6. The van der Waals surface area contributed by atoms with E-state index in [1.54, 1.807) is 0 Å². The van der Waals surface area contributed by atoms with Crippen LogP contribution in [0.25, 0.3) is 5.69 Å². The number of carbonyl (C=O) groups excluding carboxylic acids is 1. The van der Waals surface area contributed by atoms with Gasteiger partial charge in [0.25, 0.3) is 6.43 Å². The number of alkyl halides is 2. The van der Waals surface area contributed by atoms with Gasteiger partial charge in [-0.25, -0.2) is 39.5 Å². The van der Waals surface area contributed by atoms with E-state index in [0.29, 0.717) is 0 Å². The van der Waals surface area contributed by atoms with Gasteiger partial charge >= 0.3 is 0 Å². The van der Waals surface area contributed by atoms with E-state index in [1.807, 2.05) is 0 Å². The van der Waals surface area contributed by atoms with Crippen LogP contribution in [-0.2, 0) is 17.1 Å². The molecule has 2 aromatic carbocycles. The van der Waals surface area contributed by atoms with Crippen molar-refractivity contribution in [2.75, 3.05) is 0 Å². The van der Waals surface area contributed by atoms with Gasteiger partial charge in [0.1, 0.15) is 28.6 Å². The molecule has 0 fully saturated rings. The number of nitriles is 1. The molecule has 1 heterocycles. The maximum atomic E-state index is 14.3. The van der Waals surface area contributed by atoms with Crippen LogP contribution >= 0.6 is 0 Å². The van der Waals surface area contributed by atoms with Crippen LogP contribution in [-0.4, -0.2) is 20.7 Å². The van der Waals surface area contributed by atoms with Crippen molar-refractivity contribution >= 4 is 5.78 Å². The van der Waals surface area contributed by atoms with Gasteiger partial charge in [-0.1, -0.05) is 0 Å². The average Bonchev–Trinajstić information content (AvgIpc) is 3.07. The predicted molar refractivity (Wildman–Crippen MR) is 84.5 cm³/mol. The molecule has 1 N–H and O–H groups in total. The normalized spacial score (nSPS) is 10.8. The summed E-state index contributed by atoms with van der Waals surface area (Å²) < 4.78 is 122. The van der Waals surface area contributed by atoms with Gasteiger partial charge in [0.2, 0.25) is 11.7 Å². The summed E-state index contributed by atoms with van der Waals surface area (Å²) in [6.45, 7) is 0. The smallest absolute Gasteiger partial charge is 0.283 e. The number of halogens is 9. The Labute approximate surface area is 187 Å². The molecule has 0 aliphatic heterocycles. The second-order valence-electron chi connectivity index (χ2n) is 5.97. The van der Waals surface area contributed by atoms with Gasteiger partial charge in [0.15, 0.2) is 40.7 Å². The fraction of sp³-hybridized carbons (Fsp3) is 0.0556. The Morgan fingerprint density at radius 2 is 1.42 bits per heavy atom. The van der Waals surface area contributed by atoms with Crippen molar-refractivity contribution in [3.63, 3.8) is 0 Å². The Morgan fingerprint density at radius 1 is 0.939 bits per heavy atom. The standard InChI is InChI=1S/C18H4F9N3O2.Mn/c19-6-1-4(2-7(20)11(6)23)16(31)8-14(17(26)27)29-30(18(8)32)15-12(24)9(21)5(3-28)10(22)13(15)25;/h1-2,17,32H;. The summed E-state index contributed by atoms with van der Waals surface area (Å²) in [6.07, 6.45) is -3.75. The van der Waals surface area contributed by atoms with E-state index in [2.05, 4.69) is 5.10 Å². The Hall–Kier alpha value is -3.50. The molecular weight excluding hydrogens is 516 g/mol. The molecule has 0 spiro atoms. The van der Waals surface area contributed by atoms with E-state index in [-0.39, 0.29) is 29.2 Å². The molecule has 0 unspecified atom stereocenters. The molecule has 33 heavy (non-hydrogen) atoms. The first-order chi connectivity index (χ1) is 14.9. The number of hydrogen-bond acceptors (Lipinski definition) is 4. The number of aromatic hydroxyl groups is 1. The SMILES string of the molecule is N#Cc1c(F)c(F)c(-n2nc(C(F)F)c(C(=O)c3cc(F)c(F)c(F)c3)c2O)c(F)c1F.[Mn]. The van der Waals surface area contributed by atoms with Crippen LogP contribution in [0.2, 0.25) is 0 Å². The molecule has 1 aromatic heterocycles. The molecule has 0 aliphatic rings. The monoisotopic (exact) mass is 520 g/mol. The number of rotatable bonds is 4. The van der Waals surface area contributed by atoms with Crippen molar-refractivity contribution in [3.05, 3.63) is 75.2 Å². The van der Waals surface area contributed by atoms with Gasteiger partial charge in [0, 0.05) is 22.6 Å². The van der Waals surface area contributed by atoms with Crippen molar-refractivity contribution in [2.24, 2.45) is 0 Å². The van der Waals surface area contributed by atoms with E-state index in [4.69, 9.17) is 5.26 Å². The maximum absolute atomic E-state index is 14.3. The fourth-order valence-electron chi connectivity index (χ4n) is 2.69. The predicted octanol–water partition coefficient (Wildman–Crippen LogP) is 4.59. The van der Waals surface area contributed by atoms with Gasteiger partial charge in [0.05, 0.1) is 0 Å². The van der Waals surface area contributed by atoms with Crippen molar-refractivity contribution in [1.82, 2.24) is 9.78 Å². The Kier molecular flexibility index (Phi) is 7.15. The van der Waals surface area contributed by atoms with E-state index >= 15 is 0 Å². The summed E-state index contributed by atoms with van der Waals surface area (Å²) in [6, 6.07) is 0.987. The third kappa shape index (κ3) is 4.03. The minimum Gasteiger partial charge on any atom is -0.493 e. The van der Waals surface area contributed by atoms with Crippen molar-refractivity contribution in [3.8, 4) is 17.6 Å². The topological polar surface area (TPSA) is 78.9 Å². The summed E-state index contributed by atoms with van der Waals surface area (Å²) in [5.41, 5.74) is -7.97. The molecule has 3 rings (SSSR count). The molecule has 0 saturated heterocycles. The van der Waals surface area contributed by atoms with E-state index in [9.17, 15) is 49.4 Å². The summed E-state index contributed by atoms with van der Waals surface area (Å²) in [4.78, 5) is 12.5. The molecule has 0 amide bonds. The van der Waals surface area contributed by atoms with E-state index in [1.165, 1.54) is 0 Å². The quantitative estimate of drug-likeness (QED) is 0.180. The van der Waals surface area contributed by atoms with Gasteiger partial charge in [-0.05, 0) is 12.1 Å². The Balaban J connectivity index is 0.00000385. The van der Waals surface area contributed by atoms with Crippen LogP contribution in [0.3, 0.4) is 0 Å². The van der Waals surface area contributed by atoms with Crippen molar-refractivity contribution in [1.29, 1.82) is 5.26 Å². The zero-order valence-corrected chi connectivity index (χ0v) is 16.4. The average molecular weight is 520 g/mol. The number of benzene rings is 2. The summed E-state index contributed by atoms with van der Waals surface area (Å²) in [5.74, 6) is -18.6. The number of hydrogen-bond donors (Lipinski definition) is 1. The minimum absolute atomic E-state index is 0. The second-order valence-corrected chi connectivity index (χ2v) is 5.97. The zero-order valence-electron chi connectivity index (χ0n) is 15.2. The van der Waals surface area contributed by atoms with Crippen LogP contribution in [0.5, 0.6) is 5.88 Å².